The van der Waals surface area contributed by atoms with Gasteiger partial charge in [0.15, 0.2) is 29.6 Å². The molecule has 6 aliphatic heterocycles. The quantitative estimate of drug-likeness (QED) is 0.0181. The van der Waals surface area contributed by atoms with Gasteiger partial charge in [-0.25, -0.2) is 4.79 Å². The number of benzene rings is 6. The molecule has 0 aromatic heterocycles. The highest BCUT2D eigenvalue weighted by Gasteiger charge is 2.47. The highest BCUT2D eigenvalue weighted by molar-refractivity contribution is 6.32. The number of likely N-dealkylation sites (N-methyl/N-ethyl adjacent to an activating group) is 1. The molecule has 0 radical (unpaired) electrons. The van der Waals surface area contributed by atoms with E-state index in [2.05, 4.69) is 42.5 Å². The molecule has 644 valence electrons. The smallest absolute Gasteiger partial charge is 0.412 e. The molecular weight excluding hydrogens is 1630 g/mol. The van der Waals surface area contributed by atoms with Gasteiger partial charge in [-0.15, -0.1) is 0 Å². The molecular formula is C77H89Cl2N13O28. The van der Waals surface area contributed by atoms with Crippen molar-refractivity contribution in [1.29, 1.82) is 5.41 Å². The molecule has 43 heteroatoms. The molecule has 26 N–H and O–H groups in total. The van der Waals surface area contributed by atoms with E-state index in [0.29, 0.717) is 0 Å². The first-order chi connectivity index (χ1) is 56.9. The van der Waals surface area contributed by atoms with Gasteiger partial charge in [0, 0.05) is 35.9 Å². The van der Waals surface area contributed by atoms with Crippen molar-refractivity contribution < 1.29 is 137 Å². The number of phenols is 4. The van der Waals surface area contributed by atoms with Crippen molar-refractivity contribution >= 4 is 93.9 Å². The minimum Gasteiger partial charge on any atom is -0.508 e. The number of fused-ring (bicyclic) bond motifs is 16. The summed E-state index contributed by atoms with van der Waals surface area (Å²) in [5.41, 5.74) is 19.2. The van der Waals surface area contributed by atoms with E-state index in [0.717, 1.165) is 66.7 Å². The number of nitrogens with two attached hydrogens (primary N) is 4. The molecule has 6 aromatic carbocycles. The van der Waals surface area contributed by atoms with Gasteiger partial charge in [0.2, 0.25) is 59.3 Å². The highest BCUT2D eigenvalue weighted by Crippen LogP contribution is 2.50. The van der Waals surface area contributed by atoms with Gasteiger partial charge in [-0.05, 0) is 121 Å². The van der Waals surface area contributed by atoms with Gasteiger partial charge in [-0.3, -0.25) is 43.2 Å². The molecule has 6 aliphatic rings. The Labute approximate surface area is 691 Å². The highest BCUT2D eigenvalue weighted by atomic mass is 35.5. The second-order valence-electron chi connectivity index (χ2n) is 28.5. The van der Waals surface area contributed by atoms with Crippen LogP contribution in [0.5, 0.6) is 57.5 Å². The van der Waals surface area contributed by atoms with Crippen molar-refractivity contribution in [2.75, 3.05) is 52.5 Å². The van der Waals surface area contributed by atoms with Crippen molar-refractivity contribution in [3.8, 4) is 68.6 Å². The second kappa shape index (κ2) is 39.7. The number of aliphatic hydroxyl groups excluding tert-OH is 5. The molecule has 6 heterocycles. The van der Waals surface area contributed by atoms with Gasteiger partial charge >= 0.3 is 6.09 Å². The Morgan fingerprint density at radius 3 is 2.01 bits per heavy atom. The van der Waals surface area contributed by atoms with E-state index in [9.17, 15) is 84.3 Å². The summed E-state index contributed by atoms with van der Waals surface area (Å²) < 4.78 is 54.1. The minimum atomic E-state index is -2.34. The average molecular weight is 1720 g/mol. The summed E-state index contributed by atoms with van der Waals surface area (Å²) in [5, 5.41) is 130. The van der Waals surface area contributed by atoms with Crippen LogP contribution >= 0.6 is 23.2 Å². The van der Waals surface area contributed by atoms with Crippen LogP contribution in [-0.4, -0.2) is 219 Å². The number of aliphatic hydroxyl groups is 5. The maximum Gasteiger partial charge on any atom is 0.412 e. The predicted octanol–water partition coefficient (Wildman–Crippen LogP) is 0.622. The standard InChI is InChI=1S/C77H89Cl2N13O28/c1-30(2)17-43(85-4)71(106)92-62-64(101)34-7-11-50(40(79)20-34)117-53-22-35-21-52(67(53)120-76-68(66(103)48(97)28-114-76)119-56-25-42(81)63(100)31(3)115-56)116-49-10-6-32(19-39(49)78)46(95)27-55(99)89-61(73(108)87-29-113-16-15-112-14-13-86-77(111)118-51-12-8-41(80)65(102)58(51)69(83)104)38-23-36(93)24-47(96)57(38)37-18-33(5-9-45(37)94)59(70(84)105)90-74(109)60(35)91-72(107)44(26-54(82)98)88-75(62)110/h5-12,18-24,30-31,43-44,46,48,56,59-64,66,68,76,81,85,93-97,100-103H,13-17,25-29,80H2,1-4H3,(H2,82,98)(H2,83,104)(H2,84,105)(H,86,111)(H,87,108)(H,88,110)(H,89,99)(H,90,109)(H,91,107)(H,92,106)/t31-,43-,44+,46+,48-,56-,59-,60-,61?,62-,63-,64-,66+,68+,76?/m1/s1. The van der Waals surface area contributed by atoms with Crippen LogP contribution in [0, 0.1) is 11.3 Å². The molecule has 0 spiro atoms. The zero-order valence-electron chi connectivity index (χ0n) is 64.3. The number of primary amides is 3. The zero-order valence-corrected chi connectivity index (χ0v) is 65.8. The minimum absolute atomic E-state index is 0.109. The summed E-state index contributed by atoms with van der Waals surface area (Å²) in [5.74, 6) is -17.3. The Balaban J connectivity index is 1.08. The monoisotopic (exact) mass is 1710 g/mol. The third kappa shape index (κ3) is 21.9. The Bertz CT molecular complexity index is 4910. The number of nitrogens with one attached hydrogen (secondary N) is 9. The van der Waals surface area contributed by atoms with Crippen LogP contribution in [-0.2, 0) is 62.0 Å². The van der Waals surface area contributed by atoms with Crippen molar-refractivity contribution in [1.82, 2.24) is 42.5 Å². The van der Waals surface area contributed by atoms with Crippen molar-refractivity contribution in [2.45, 2.75) is 138 Å². The molecule has 41 nitrogen and oxygen atoms in total. The van der Waals surface area contributed by atoms with Gasteiger partial charge < -0.3 is 159 Å². The third-order valence-electron chi connectivity index (χ3n) is 19.3. The number of phenolic OH excluding ortho intramolecular Hbond substituents is 3. The molecule has 2 saturated heterocycles. The number of rotatable bonds is 23. The lowest BCUT2D eigenvalue weighted by molar-refractivity contribution is -0.303. The number of carbonyl (C=O) groups is 10. The lowest BCUT2D eigenvalue weighted by atomic mass is 9.90. The van der Waals surface area contributed by atoms with E-state index in [4.69, 9.17) is 94.2 Å². The van der Waals surface area contributed by atoms with Crippen LogP contribution in [0.1, 0.15) is 115 Å². The zero-order chi connectivity index (χ0) is 87.4. The van der Waals surface area contributed by atoms with Crippen LogP contribution in [0.4, 0.5) is 10.5 Å². The normalized spacial score (nSPS) is 23.6. The van der Waals surface area contributed by atoms with Crippen LogP contribution in [0.2, 0.25) is 10.0 Å². The molecule has 6 aromatic rings. The average Bonchev–Trinajstić information content (AvgIpc) is 0.770. The first kappa shape index (κ1) is 90.4. The van der Waals surface area contributed by atoms with Crippen LogP contribution < -0.4 is 84.4 Å². The molecule has 12 rings (SSSR count). The fourth-order valence-electron chi connectivity index (χ4n) is 13.2. The van der Waals surface area contributed by atoms with E-state index in [1.165, 1.54) is 38.2 Å². The number of halogens is 2. The molecule has 9 bridgehead atoms. The van der Waals surface area contributed by atoms with Crippen molar-refractivity contribution in [2.24, 2.45) is 23.1 Å². The SMILES string of the molecule is CN[C@H](CC(C)C)C(=O)N[C@H]1C(=O)N[C@@H](CC(N)=O)C(=O)N[C@H]2C(=O)N[C@@H](C(N)=O)c3ccc(O)c(c3)-c3c(O)cc(O)cc3C(C(=O)NCOCCOCCNC(=O)Oc3ccc(N)c(O)c3C(N)=O)NC(=O)C[C@H](O)c3ccc(c(Cl)c3)Oc3cc2cc(c3OC2OC[C@@H](O)[C@H](O)[C@@H]2O[C@@H]2CC(=N)[C@H](O)[C@@H](C)O2)Oc2ccc(cc2Cl)[C@H]1O. The summed E-state index contributed by atoms with van der Waals surface area (Å²) in [6, 6.07) is 4.30. The number of aromatic hydroxyl groups is 4. The number of ether oxygens (including phenoxy) is 9. The fourth-order valence-corrected chi connectivity index (χ4v) is 13.6. The lowest BCUT2D eigenvalue weighted by Crippen LogP contribution is -2.59. The van der Waals surface area contributed by atoms with Crippen LogP contribution in [0.15, 0.2) is 91.0 Å². The predicted molar refractivity (Wildman–Crippen MR) is 418 cm³/mol. The van der Waals surface area contributed by atoms with E-state index in [-0.39, 0.29) is 89.7 Å². The van der Waals surface area contributed by atoms with Gasteiger partial charge in [0.05, 0.1) is 73.3 Å². The van der Waals surface area contributed by atoms with E-state index >= 15 is 9.59 Å². The molecule has 15 atom stereocenters. The number of amides is 10. The molecule has 0 saturated carbocycles. The number of nitrogen functional groups attached to an aromatic ring is 1. The van der Waals surface area contributed by atoms with Gasteiger partial charge in [-0.2, -0.15) is 0 Å². The lowest BCUT2D eigenvalue weighted by Gasteiger charge is -2.41. The largest absolute Gasteiger partial charge is 0.508 e. The first-order valence-electron chi connectivity index (χ1n) is 37.0. The number of hydrogen-bond acceptors (Lipinski definition) is 31. The molecule has 2 fully saturated rings. The first-order valence-corrected chi connectivity index (χ1v) is 37.8. The van der Waals surface area contributed by atoms with Gasteiger partial charge in [0.25, 0.3) is 5.91 Å². The molecule has 120 heavy (non-hydrogen) atoms. The van der Waals surface area contributed by atoms with E-state index in [1.54, 1.807) is 0 Å². The fraction of sp³-hybridized carbons (Fsp3) is 0.390. The summed E-state index contributed by atoms with van der Waals surface area (Å²) in [4.78, 5) is 141. The van der Waals surface area contributed by atoms with E-state index < -0.39 is 256 Å². The second-order valence-corrected chi connectivity index (χ2v) is 29.3. The van der Waals surface area contributed by atoms with Crippen molar-refractivity contribution in [3.63, 3.8) is 0 Å². The van der Waals surface area contributed by atoms with Gasteiger partial charge in [0.1, 0.15) is 101 Å². The molecule has 2 unspecified atom stereocenters. The summed E-state index contributed by atoms with van der Waals surface area (Å²) >= 11 is 14.1. The Morgan fingerprint density at radius 2 is 1.37 bits per heavy atom. The van der Waals surface area contributed by atoms with Crippen molar-refractivity contribution in [3.05, 3.63) is 134 Å². The van der Waals surface area contributed by atoms with E-state index in [1.807, 2.05) is 13.8 Å². The number of hydrogen-bond donors (Lipinski definition) is 22. The van der Waals surface area contributed by atoms with Gasteiger partial charge in [-0.1, -0.05) is 55.2 Å². The number of anilines is 1. The topological polar surface area (TPSA) is 660 Å². The Morgan fingerprint density at radius 1 is 0.700 bits per heavy atom. The van der Waals surface area contributed by atoms with Crippen LogP contribution in [0.3, 0.4) is 0 Å². The maximum atomic E-state index is 15.9. The molecule has 10 amide bonds. The van der Waals surface area contributed by atoms with Crippen LogP contribution in [0.25, 0.3) is 11.1 Å². The maximum absolute atomic E-state index is 15.9. The third-order valence-corrected chi connectivity index (χ3v) is 19.9. The summed E-state index contributed by atoms with van der Waals surface area (Å²) in [6.45, 7) is 2.95. The Kier molecular flexibility index (Phi) is 29.9. The summed E-state index contributed by atoms with van der Waals surface area (Å²) in [7, 11) is 1.47. The number of carbonyl (C=O) groups excluding carboxylic acids is 10. The molecule has 0 aliphatic carbocycles. The Hall–Kier alpha value is -12.0. The summed E-state index contributed by atoms with van der Waals surface area (Å²) in [6.07, 6.45) is -18.3.